The summed E-state index contributed by atoms with van der Waals surface area (Å²) in [4.78, 5) is 9.97. The fourth-order valence-corrected chi connectivity index (χ4v) is 2.12. The minimum atomic E-state index is -0.799. The van der Waals surface area contributed by atoms with E-state index in [9.17, 15) is 25.4 Å². The van der Waals surface area contributed by atoms with Crippen molar-refractivity contribution >= 4 is 17.8 Å². The first kappa shape index (κ1) is 24.0. The van der Waals surface area contributed by atoms with Crippen LogP contribution in [0.25, 0.3) is 0 Å². The molecule has 0 spiro atoms. The Bertz CT molecular complexity index is 860. The summed E-state index contributed by atoms with van der Waals surface area (Å²) < 4.78 is 5.01. The normalized spacial score (nSPS) is 13.9. The van der Waals surface area contributed by atoms with E-state index in [1.807, 2.05) is 0 Å². The third-order valence-corrected chi connectivity index (χ3v) is 3.53. The Kier molecular flexibility index (Phi) is 10.3. The van der Waals surface area contributed by atoms with Crippen molar-refractivity contribution in [1.82, 2.24) is 5.32 Å². The van der Waals surface area contributed by atoms with E-state index in [4.69, 9.17) is 4.74 Å². The van der Waals surface area contributed by atoms with Gasteiger partial charge in [-0.1, -0.05) is 30.0 Å². The largest absolute Gasteiger partial charge is 3.00 e. The van der Waals surface area contributed by atoms with Crippen molar-refractivity contribution in [2.24, 2.45) is 10.2 Å². The van der Waals surface area contributed by atoms with Crippen molar-refractivity contribution in [3.8, 4) is 11.5 Å². The number of para-hydroxylation sites is 1. The van der Waals surface area contributed by atoms with Crippen molar-refractivity contribution in [2.45, 2.75) is 0 Å². The van der Waals surface area contributed by atoms with E-state index >= 15 is 0 Å². The van der Waals surface area contributed by atoms with Crippen LogP contribution in [0.3, 0.4) is 0 Å². The predicted molar refractivity (Wildman–Crippen MR) is 98.5 cm³/mol. The average Bonchev–Trinajstić information content (AvgIpc) is 2.71. The maximum absolute atomic E-state index is 11.7. The maximum atomic E-state index is 11.7. The van der Waals surface area contributed by atoms with E-state index in [-0.39, 0.29) is 39.1 Å². The average molecular weight is 445 g/mol. The fourth-order valence-electron chi connectivity index (χ4n) is 2.12. The number of nitrogens with one attached hydrogen (secondary N) is 1. The number of hydrogen-bond acceptors (Lipinski definition) is 9. The third kappa shape index (κ3) is 7.86. The van der Waals surface area contributed by atoms with Gasteiger partial charge in [-0.25, -0.2) is 0 Å². The van der Waals surface area contributed by atoms with Crippen LogP contribution in [0.2, 0.25) is 0 Å². The molecule has 1 fully saturated rings. The Labute approximate surface area is 176 Å². The fraction of sp³-hybridized carbons (Fsp3) is 0.222. The van der Waals surface area contributed by atoms with Crippen LogP contribution in [0, 0.1) is 10.1 Å². The Morgan fingerprint density at radius 3 is 2.45 bits per heavy atom. The summed E-state index contributed by atoms with van der Waals surface area (Å²) in [7, 11) is 0. The number of nitro groups is 1. The number of morpholine rings is 1. The number of nitro benzene ring substituents is 1. The van der Waals surface area contributed by atoms with Gasteiger partial charge in [-0.3, -0.25) is 10.1 Å². The Morgan fingerprint density at radius 2 is 1.90 bits per heavy atom. The molecule has 0 aromatic heterocycles. The molecule has 11 heteroatoms. The predicted octanol–water partition coefficient (Wildman–Crippen LogP) is 0.119. The van der Waals surface area contributed by atoms with Crippen LogP contribution in [-0.4, -0.2) is 48.4 Å². The zero-order chi connectivity index (χ0) is 20.4. The minimum absolute atomic E-state index is 0. The Hall–Kier alpha value is -3.01. The maximum Gasteiger partial charge on any atom is 3.00 e. The SMILES string of the molecule is C1COCCN1.O=[N+]([O-])c1ccc([O-])c(/C=N/N=C(\[O-])c2ccccc2O)c1.[Ni+3]. The number of rotatable bonds is 4. The van der Waals surface area contributed by atoms with E-state index in [1.165, 1.54) is 12.1 Å². The number of phenols is 1. The molecule has 155 valence electrons. The van der Waals surface area contributed by atoms with E-state index < -0.39 is 16.6 Å². The smallest absolute Gasteiger partial charge is 0.872 e. The summed E-state index contributed by atoms with van der Waals surface area (Å²) >= 11 is 0. The van der Waals surface area contributed by atoms with Crippen molar-refractivity contribution in [1.29, 1.82) is 0 Å². The van der Waals surface area contributed by atoms with Crippen LogP contribution < -0.4 is 15.5 Å². The summed E-state index contributed by atoms with van der Waals surface area (Å²) in [5.74, 6) is -1.53. The van der Waals surface area contributed by atoms with Gasteiger partial charge in [0.25, 0.3) is 5.69 Å². The van der Waals surface area contributed by atoms with Gasteiger partial charge >= 0.3 is 16.5 Å². The third-order valence-electron chi connectivity index (χ3n) is 3.53. The number of hydrogen-bond donors (Lipinski definition) is 2. The first-order chi connectivity index (χ1) is 13.5. The van der Waals surface area contributed by atoms with Crippen molar-refractivity contribution in [2.75, 3.05) is 26.3 Å². The first-order valence-electron chi connectivity index (χ1n) is 8.29. The molecule has 0 unspecified atom stereocenters. The van der Waals surface area contributed by atoms with Crippen LogP contribution in [-0.2, 0) is 21.2 Å². The number of nitrogens with zero attached hydrogens (tertiary/aromatic N) is 3. The molecule has 1 radical (unpaired) electrons. The quantitative estimate of drug-likeness (QED) is 0.223. The van der Waals surface area contributed by atoms with Crippen LogP contribution in [0.5, 0.6) is 11.5 Å². The van der Waals surface area contributed by atoms with Crippen LogP contribution in [0.1, 0.15) is 11.1 Å². The topological polar surface area (TPSA) is 155 Å². The van der Waals surface area contributed by atoms with Gasteiger partial charge < -0.3 is 25.4 Å². The van der Waals surface area contributed by atoms with E-state index in [2.05, 4.69) is 15.5 Å². The van der Waals surface area contributed by atoms with E-state index in [1.54, 1.807) is 12.1 Å². The molecule has 2 aromatic rings. The molecule has 2 N–H and O–H groups in total. The molecule has 1 saturated heterocycles. The van der Waals surface area contributed by atoms with Gasteiger partial charge in [-0.05, 0) is 11.6 Å². The van der Waals surface area contributed by atoms with Crippen LogP contribution in [0.4, 0.5) is 5.69 Å². The van der Waals surface area contributed by atoms with Crippen molar-refractivity contribution in [3.05, 3.63) is 63.7 Å². The molecule has 29 heavy (non-hydrogen) atoms. The molecule has 1 aliphatic rings. The number of phenolic OH excluding ortho intramolecular Hbond substituents is 1. The Morgan fingerprint density at radius 1 is 1.21 bits per heavy atom. The van der Waals surface area contributed by atoms with Gasteiger partial charge in [0.05, 0.1) is 24.4 Å². The van der Waals surface area contributed by atoms with Crippen molar-refractivity contribution in [3.63, 3.8) is 0 Å². The zero-order valence-electron chi connectivity index (χ0n) is 15.1. The molecule has 1 aliphatic heterocycles. The van der Waals surface area contributed by atoms with Crippen LogP contribution in [0.15, 0.2) is 52.7 Å². The molecule has 10 nitrogen and oxygen atoms in total. The van der Waals surface area contributed by atoms with Gasteiger partial charge in [0.2, 0.25) is 0 Å². The second kappa shape index (κ2) is 12.5. The molecular formula is C18H18N4NiO6+. The molecule has 2 aromatic carbocycles. The van der Waals surface area contributed by atoms with Crippen molar-refractivity contribution < 1.29 is 41.5 Å². The molecule has 1 heterocycles. The Balaban J connectivity index is 0.000000514. The standard InChI is InChI=1S/C14H11N3O5.C4H9NO.Ni/c18-12-6-5-10(17(21)22)7-9(12)8-15-16-14(20)11-3-1-2-4-13(11)19;1-3-6-4-2-5-1;/h1-8,18-19H,(H,16,20);5H,1-4H2;/q;;+3/p-2/b15-8+;;. The summed E-state index contributed by atoms with van der Waals surface area (Å²) in [6.07, 6.45) is 0.952. The number of aromatic hydroxyl groups is 1. The second-order valence-corrected chi connectivity index (χ2v) is 5.51. The number of benzene rings is 2. The minimum Gasteiger partial charge on any atom is -0.872 e. The number of ether oxygens (including phenoxy) is 1. The first-order valence-corrected chi connectivity index (χ1v) is 8.29. The summed E-state index contributed by atoms with van der Waals surface area (Å²) in [5.41, 5.74) is -0.378. The molecule has 0 saturated carbocycles. The molecule has 0 aliphatic carbocycles. The van der Waals surface area contributed by atoms with E-state index in [0.29, 0.717) is 0 Å². The number of non-ortho nitro benzene ring substituents is 1. The van der Waals surface area contributed by atoms with Gasteiger partial charge in [0.1, 0.15) is 5.75 Å². The van der Waals surface area contributed by atoms with Crippen LogP contribution >= 0.6 is 0 Å². The summed E-state index contributed by atoms with van der Waals surface area (Å²) in [6, 6.07) is 8.91. The molecule has 3 rings (SSSR count). The van der Waals surface area contributed by atoms with Gasteiger partial charge in [0.15, 0.2) is 0 Å². The van der Waals surface area contributed by atoms with Gasteiger partial charge in [0, 0.05) is 36.7 Å². The molecule has 0 bridgehead atoms. The van der Waals surface area contributed by atoms with Gasteiger partial charge in [-0.2, -0.15) is 10.2 Å². The summed E-state index contributed by atoms with van der Waals surface area (Å²) in [5, 5.41) is 53.2. The molecule has 0 atom stereocenters. The molecular weight excluding hydrogens is 427 g/mol. The molecule has 0 amide bonds. The summed E-state index contributed by atoms with van der Waals surface area (Å²) in [6.45, 7) is 3.83. The monoisotopic (exact) mass is 444 g/mol. The van der Waals surface area contributed by atoms with E-state index in [0.717, 1.165) is 50.7 Å². The zero-order valence-corrected chi connectivity index (χ0v) is 16.1. The second-order valence-electron chi connectivity index (χ2n) is 5.51. The van der Waals surface area contributed by atoms with Gasteiger partial charge in [-0.15, -0.1) is 0 Å².